The first-order valence-corrected chi connectivity index (χ1v) is 29.3. The molecule has 17 nitrogen and oxygen atoms in total. The van der Waals surface area contributed by atoms with Crippen LogP contribution in [-0.4, -0.2) is 76.5 Å². The quantitative estimate of drug-likeness (QED) is 0.0670. The van der Waals surface area contributed by atoms with E-state index in [2.05, 4.69) is 14.5 Å². The number of hydrogen-bond donors (Lipinski definition) is 0. The van der Waals surface area contributed by atoms with E-state index >= 15 is 0 Å². The van der Waals surface area contributed by atoms with Gasteiger partial charge in [-0.1, -0.05) is 81.3 Å². The number of aromatic nitrogens is 4. The number of imide groups is 2. The molecule has 3 aliphatic carbocycles. The summed E-state index contributed by atoms with van der Waals surface area (Å²) in [6.07, 6.45) is 20.9. The van der Waals surface area contributed by atoms with E-state index in [0.29, 0.717) is 35.6 Å². The Morgan fingerprint density at radius 1 is 0.570 bits per heavy atom. The summed E-state index contributed by atoms with van der Waals surface area (Å²) < 4.78 is 106. The summed E-state index contributed by atoms with van der Waals surface area (Å²) in [5.41, 5.74) is -0.209. The molecule has 10 rings (SSSR count). The molecule has 79 heavy (non-hydrogen) atoms. The zero-order valence-corrected chi connectivity index (χ0v) is 44.7. The van der Waals surface area contributed by atoms with Crippen molar-refractivity contribution in [1.82, 2.24) is 23.4 Å². The normalized spacial score (nSPS) is 17.0. The van der Waals surface area contributed by atoms with E-state index in [9.17, 15) is 53.6 Å². The van der Waals surface area contributed by atoms with Gasteiger partial charge in [0, 0.05) is 47.6 Å². The first kappa shape index (κ1) is 57.6. The number of para-hydroxylation sites is 2. The second-order valence-electron chi connectivity index (χ2n) is 19.4. The third-order valence-corrected chi connectivity index (χ3v) is 17.6. The van der Waals surface area contributed by atoms with Crippen molar-refractivity contribution in [2.24, 2.45) is 5.92 Å². The standard InChI is InChI=1S/C27H25F2N5O4S.C21H25N3O2.C7H2ClF2NO2S/c28-22-14-21(13-18(15-30)25(22)29)39(37,38)33-12-11-24(33)27(36)34(20-9-5-2-6-10-20)26(35)23-16-32(17-31-23)19-7-3-1-4-8-19;25-20(16-8-7-9-16)24(18-12-5-2-6-13-18)21(26)19-14-23(15-22-19)17-10-3-1-4-11-17;8-14(12,13)5-1-4(3-11)7(10)6(9)2-5/h2,5-6,9-10,13-14,16-17,19,24H,1,3-4,7-8,11-12H2;2,5-6,12-17H,1,3-4,7-11H2;1-2H/t24-;;/m1../s1. The lowest BCUT2D eigenvalue weighted by Gasteiger charge is -2.40. The highest BCUT2D eigenvalue weighted by Crippen LogP contribution is 2.35. The van der Waals surface area contributed by atoms with Crippen molar-refractivity contribution in [3.05, 3.63) is 156 Å². The van der Waals surface area contributed by atoms with Crippen LogP contribution < -0.4 is 9.80 Å². The maximum atomic E-state index is 14.0. The number of imidazole rings is 2. The number of sulfonamides is 1. The molecule has 0 spiro atoms. The summed E-state index contributed by atoms with van der Waals surface area (Å²) in [4.78, 5) is 63.0. The zero-order chi connectivity index (χ0) is 56.6. The van der Waals surface area contributed by atoms with Crippen LogP contribution in [0.25, 0.3) is 0 Å². The number of benzene rings is 4. The van der Waals surface area contributed by atoms with Gasteiger partial charge in [-0.3, -0.25) is 19.2 Å². The molecule has 4 fully saturated rings. The molecule has 4 aliphatic rings. The number of nitriles is 2. The van der Waals surface area contributed by atoms with Crippen LogP contribution in [0.4, 0.5) is 28.9 Å². The molecule has 4 aromatic carbocycles. The van der Waals surface area contributed by atoms with Gasteiger partial charge in [-0.15, -0.1) is 0 Å². The predicted molar refractivity (Wildman–Crippen MR) is 280 cm³/mol. The van der Waals surface area contributed by atoms with Crippen molar-refractivity contribution in [3.8, 4) is 12.1 Å². The molecule has 0 bridgehead atoms. The Morgan fingerprint density at radius 3 is 1.39 bits per heavy atom. The van der Waals surface area contributed by atoms with Crippen LogP contribution in [0, 0.1) is 51.8 Å². The van der Waals surface area contributed by atoms with Crippen LogP contribution in [0.15, 0.2) is 120 Å². The number of hydrogen-bond acceptors (Lipinski definition) is 12. The molecule has 0 radical (unpaired) electrons. The molecule has 3 heterocycles. The van der Waals surface area contributed by atoms with E-state index < -0.39 is 81.1 Å². The molecule has 412 valence electrons. The van der Waals surface area contributed by atoms with Gasteiger partial charge in [0.05, 0.1) is 44.9 Å². The first-order valence-electron chi connectivity index (χ1n) is 25.5. The number of anilines is 2. The highest BCUT2D eigenvalue weighted by Gasteiger charge is 2.47. The lowest BCUT2D eigenvalue weighted by molar-refractivity contribution is -0.125. The topological polar surface area (TPSA) is 230 Å². The fraction of sp³-hybridized carbons (Fsp3) is 0.345. The average molecular weight is 1140 g/mol. The van der Waals surface area contributed by atoms with Gasteiger partial charge < -0.3 is 9.13 Å². The molecule has 24 heteroatoms. The van der Waals surface area contributed by atoms with Crippen molar-refractivity contribution < 1.29 is 53.6 Å². The molecular formula is C55H52ClF4N9O8S2. The van der Waals surface area contributed by atoms with E-state index in [-0.39, 0.29) is 48.1 Å². The molecule has 1 aliphatic heterocycles. The Labute approximate surface area is 458 Å². The van der Waals surface area contributed by atoms with Gasteiger partial charge in [-0.2, -0.15) is 14.8 Å². The summed E-state index contributed by atoms with van der Waals surface area (Å²) in [5, 5.41) is 17.4. The van der Waals surface area contributed by atoms with Crippen LogP contribution in [0.2, 0.25) is 0 Å². The Hall–Kier alpha value is -7.57. The van der Waals surface area contributed by atoms with Gasteiger partial charge in [0.2, 0.25) is 15.9 Å². The third kappa shape index (κ3) is 13.0. The number of carbonyl (C=O) groups excluding carboxylic acids is 4. The van der Waals surface area contributed by atoms with E-state index in [0.717, 1.165) is 79.5 Å². The molecule has 4 amide bonds. The van der Waals surface area contributed by atoms with Crippen LogP contribution in [0.1, 0.15) is 134 Å². The summed E-state index contributed by atoms with van der Waals surface area (Å²) in [5.74, 6) is -7.73. The Kier molecular flexibility index (Phi) is 18.3. The Bertz CT molecular complexity index is 3560. The summed E-state index contributed by atoms with van der Waals surface area (Å²) in [7, 11) is -3.76. The number of nitrogens with zero attached hydrogens (tertiary/aromatic N) is 9. The van der Waals surface area contributed by atoms with Gasteiger partial charge in [-0.05, 0) is 93.5 Å². The molecule has 2 aromatic heterocycles. The minimum atomic E-state index is -4.49. The molecular weight excluding hydrogens is 1090 g/mol. The number of rotatable bonds is 11. The van der Waals surface area contributed by atoms with Gasteiger partial charge in [0.1, 0.15) is 29.6 Å². The number of carbonyl (C=O) groups is 4. The first-order chi connectivity index (χ1) is 37.8. The van der Waals surface area contributed by atoms with Crippen LogP contribution >= 0.6 is 10.7 Å². The maximum absolute atomic E-state index is 14.0. The maximum Gasteiger partial charge on any atom is 0.285 e. The Morgan fingerprint density at radius 2 is 1.00 bits per heavy atom. The fourth-order valence-electron chi connectivity index (χ4n) is 9.73. The van der Waals surface area contributed by atoms with E-state index in [4.69, 9.17) is 21.2 Å². The molecule has 1 saturated heterocycles. The van der Waals surface area contributed by atoms with Crippen molar-refractivity contribution >= 4 is 64.8 Å². The molecule has 1 atom stereocenters. The fourth-order valence-corrected chi connectivity index (χ4v) is 12.2. The Balaban J connectivity index is 0.000000176. The monoisotopic (exact) mass is 1140 g/mol. The number of halogens is 5. The van der Waals surface area contributed by atoms with Crippen molar-refractivity contribution in [2.75, 3.05) is 16.3 Å². The largest absolute Gasteiger partial charge is 0.334 e. The van der Waals surface area contributed by atoms with Crippen LogP contribution in [-0.2, 0) is 28.7 Å². The molecule has 0 unspecified atom stereocenters. The van der Waals surface area contributed by atoms with Crippen molar-refractivity contribution in [1.29, 1.82) is 10.5 Å². The lowest BCUT2D eigenvalue weighted by Crippen LogP contribution is -2.60. The van der Waals surface area contributed by atoms with Gasteiger partial charge in [0.15, 0.2) is 23.3 Å². The SMILES string of the molecule is N#Cc1cc(S(=O)(=O)Cl)cc(F)c1F.N#Cc1cc(S(=O)(=O)N2CC[C@@H]2C(=O)N(C(=O)c2cn(C3CCCCC3)cn2)c2ccccc2)cc(F)c1F.O=C(c1cn(C2CCCCC2)cn1)N(C(=O)C1CCC1)c1ccccc1. The second kappa shape index (κ2) is 25.0. The highest BCUT2D eigenvalue weighted by atomic mass is 35.7. The van der Waals surface area contributed by atoms with E-state index in [1.165, 1.54) is 36.3 Å². The van der Waals surface area contributed by atoms with Crippen molar-refractivity contribution in [3.63, 3.8) is 0 Å². The smallest absolute Gasteiger partial charge is 0.285 e. The van der Waals surface area contributed by atoms with Crippen molar-refractivity contribution in [2.45, 2.75) is 118 Å². The van der Waals surface area contributed by atoms with Gasteiger partial charge >= 0.3 is 0 Å². The minimum absolute atomic E-state index is 0.0420. The molecule has 0 N–H and O–H groups in total. The molecule has 3 saturated carbocycles. The van der Waals surface area contributed by atoms with E-state index in [1.807, 2.05) is 41.1 Å². The summed E-state index contributed by atoms with van der Waals surface area (Å²) in [6.45, 7) is -0.0766. The van der Waals surface area contributed by atoms with Gasteiger partial charge in [0.25, 0.3) is 26.8 Å². The predicted octanol–water partition coefficient (Wildman–Crippen LogP) is 10.3. The number of amides is 4. The lowest BCUT2D eigenvalue weighted by atomic mass is 9.84. The second-order valence-corrected chi connectivity index (χ2v) is 23.8. The average Bonchev–Trinajstić information content (AvgIpc) is 4.24. The van der Waals surface area contributed by atoms with Crippen LogP contribution in [0.3, 0.4) is 0 Å². The van der Waals surface area contributed by atoms with Crippen LogP contribution in [0.5, 0.6) is 0 Å². The summed E-state index contributed by atoms with van der Waals surface area (Å²) >= 11 is 0. The zero-order valence-electron chi connectivity index (χ0n) is 42.3. The highest BCUT2D eigenvalue weighted by molar-refractivity contribution is 8.13. The van der Waals surface area contributed by atoms with Gasteiger partial charge in [-0.25, -0.2) is 54.2 Å². The molecule has 6 aromatic rings. The third-order valence-electron chi connectivity index (χ3n) is 14.4. The van der Waals surface area contributed by atoms with E-state index in [1.54, 1.807) is 49.2 Å². The summed E-state index contributed by atoms with van der Waals surface area (Å²) in [6, 6.07) is 21.7. The minimum Gasteiger partial charge on any atom is -0.334 e.